The monoisotopic (exact) mass is 261 g/mol. The van der Waals surface area contributed by atoms with Crippen molar-refractivity contribution in [2.45, 2.75) is 12.8 Å². The molecule has 76 valence electrons. The average Bonchev–Trinajstić information content (AvgIpc) is 2.54. The van der Waals surface area contributed by atoms with Crippen LogP contribution < -0.4 is 4.90 Å². The van der Waals surface area contributed by atoms with E-state index in [2.05, 4.69) is 15.9 Å². The van der Waals surface area contributed by atoms with E-state index < -0.39 is 11.6 Å². The van der Waals surface area contributed by atoms with Crippen LogP contribution in [0.3, 0.4) is 0 Å². The number of nitrogens with zero attached hydrogens (tertiary/aromatic N) is 1. The average molecular weight is 262 g/mol. The molecule has 14 heavy (non-hydrogen) atoms. The lowest BCUT2D eigenvalue weighted by molar-refractivity contribution is 0.576. The normalized spacial score (nSPS) is 16.4. The lowest BCUT2D eigenvalue weighted by Crippen LogP contribution is -2.20. The first kappa shape index (κ1) is 9.90. The minimum atomic E-state index is -0.487. The van der Waals surface area contributed by atoms with Crippen molar-refractivity contribution in [2.24, 2.45) is 0 Å². The zero-order valence-corrected chi connectivity index (χ0v) is 9.15. The lowest BCUT2D eigenvalue weighted by Gasteiger charge is -2.19. The molecule has 1 aliphatic rings. The van der Waals surface area contributed by atoms with Gasteiger partial charge in [0, 0.05) is 17.6 Å². The van der Waals surface area contributed by atoms with Gasteiger partial charge >= 0.3 is 0 Å². The van der Waals surface area contributed by atoms with Crippen LogP contribution in [-0.2, 0) is 0 Å². The molecule has 0 unspecified atom stereocenters. The highest BCUT2D eigenvalue weighted by atomic mass is 79.9. The molecule has 0 spiro atoms. The van der Waals surface area contributed by atoms with Crippen molar-refractivity contribution in [3.63, 3.8) is 0 Å². The third kappa shape index (κ3) is 1.75. The fraction of sp³-hybridized carbons (Fsp3) is 0.400. The molecule has 2 rings (SSSR count). The minimum absolute atomic E-state index is 0.116. The highest BCUT2D eigenvalue weighted by Crippen LogP contribution is 2.29. The Labute approximate surface area is 89.8 Å². The van der Waals surface area contributed by atoms with Gasteiger partial charge in [-0.15, -0.1) is 0 Å². The van der Waals surface area contributed by atoms with Gasteiger partial charge in [-0.1, -0.05) is 15.9 Å². The maximum absolute atomic E-state index is 13.5. The van der Waals surface area contributed by atoms with Crippen LogP contribution in [0.25, 0.3) is 0 Å². The highest BCUT2D eigenvalue weighted by molar-refractivity contribution is 9.10. The van der Waals surface area contributed by atoms with Crippen molar-refractivity contribution in [3.05, 3.63) is 28.2 Å². The van der Waals surface area contributed by atoms with E-state index >= 15 is 0 Å². The van der Waals surface area contributed by atoms with Crippen LogP contribution in [0, 0.1) is 11.6 Å². The molecule has 1 fully saturated rings. The van der Waals surface area contributed by atoms with E-state index in [1.165, 1.54) is 12.1 Å². The van der Waals surface area contributed by atoms with Crippen LogP contribution in [0.2, 0.25) is 0 Å². The summed E-state index contributed by atoms with van der Waals surface area (Å²) in [5.74, 6) is -0.974. The molecule has 0 amide bonds. The van der Waals surface area contributed by atoms with E-state index in [1.807, 2.05) is 0 Å². The quantitative estimate of drug-likeness (QED) is 0.750. The second-order valence-corrected chi connectivity index (χ2v) is 4.33. The molecule has 0 N–H and O–H groups in total. The van der Waals surface area contributed by atoms with Crippen molar-refractivity contribution in [1.29, 1.82) is 0 Å². The fourth-order valence-corrected chi connectivity index (χ4v) is 2.18. The van der Waals surface area contributed by atoms with E-state index in [-0.39, 0.29) is 5.69 Å². The molecular formula is C10H10BrF2N. The third-order valence-electron chi connectivity index (χ3n) is 2.40. The first-order valence-electron chi connectivity index (χ1n) is 4.58. The predicted molar refractivity (Wildman–Crippen MR) is 55.5 cm³/mol. The number of anilines is 1. The predicted octanol–water partition coefficient (Wildman–Crippen LogP) is 3.33. The molecule has 1 aromatic rings. The molecule has 0 radical (unpaired) electrons. The highest BCUT2D eigenvalue weighted by Gasteiger charge is 2.20. The Balaban J connectivity index is 2.40. The summed E-state index contributed by atoms with van der Waals surface area (Å²) < 4.78 is 27.3. The summed E-state index contributed by atoms with van der Waals surface area (Å²) in [6.45, 7) is 1.49. The van der Waals surface area contributed by atoms with Crippen LogP contribution in [0.15, 0.2) is 16.6 Å². The molecule has 1 aliphatic heterocycles. The standard InChI is InChI=1S/C10H10BrF2N/c11-7-5-8(12)10(9(13)6-7)14-3-1-2-4-14/h5-6H,1-4H2. The fourth-order valence-electron chi connectivity index (χ4n) is 1.78. The first-order chi connectivity index (χ1) is 6.68. The first-order valence-corrected chi connectivity index (χ1v) is 5.37. The summed E-state index contributed by atoms with van der Waals surface area (Å²) >= 11 is 3.06. The van der Waals surface area contributed by atoms with Gasteiger partial charge in [-0.05, 0) is 25.0 Å². The van der Waals surface area contributed by atoms with Gasteiger partial charge in [-0.2, -0.15) is 0 Å². The molecule has 0 bridgehead atoms. The van der Waals surface area contributed by atoms with E-state index in [0.717, 1.165) is 25.9 Å². The molecule has 4 heteroatoms. The molecule has 1 heterocycles. The Kier molecular flexibility index (Phi) is 2.72. The van der Waals surface area contributed by atoms with Crippen LogP contribution in [-0.4, -0.2) is 13.1 Å². The van der Waals surface area contributed by atoms with Crippen molar-refractivity contribution in [2.75, 3.05) is 18.0 Å². The molecule has 1 nitrogen and oxygen atoms in total. The summed E-state index contributed by atoms with van der Waals surface area (Å²) in [5, 5.41) is 0. The molecule has 0 atom stereocenters. The number of hydrogen-bond donors (Lipinski definition) is 0. The number of rotatable bonds is 1. The molecule has 1 aromatic carbocycles. The van der Waals surface area contributed by atoms with Crippen LogP contribution in [0.5, 0.6) is 0 Å². The van der Waals surface area contributed by atoms with Crippen LogP contribution in [0.4, 0.5) is 14.5 Å². The number of halogens is 3. The Morgan fingerprint density at radius 3 is 2.07 bits per heavy atom. The van der Waals surface area contributed by atoms with Crippen molar-refractivity contribution < 1.29 is 8.78 Å². The van der Waals surface area contributed by atoms with Gasteiger partial charge in [0.15, 0.2) is 11.6 Å². The Bertz CT molecular complexity index is 325. The molecule has 1 saturated heterocycles. The van der Waals surface area contributed by atoms with Gasteiger partial charge in [-0.25, -0.2) is 8.78 Å². The van der Waals surface area contributed by atoms with Crippen molar-refractivity contribution >= 4 is 21.6 Å². The summed E-state index contributed by atoms with van der Waals surface area (Å²) in [5.41, 5.74) is 0.116. The Hall–Kier alpha value is -0.640. The van der Waals surface area contributed by atoms with Gasteiger partial charge in [0.1, 0.15) is 5.69 Å². The van der Waals surface area contributed by atoms with Crippen molar-refractivity contribution in [1.82, 2.24) is 0 Å². The van der Waals surface area contributed by atoms with E-state index in [9.17, 15) is 8.78 Å². The topological polar surface area (TPSA) is 3.24 Å². The van der Waals surface area contributed by atoms with Crippen molar-refractivity contribution in [3.8, 4) is 0 Å². The van der Waals surface area contributed by atoms with Gasteiger partial charge in [0.25, 0.3) is 0 Å². The van der Waals surface area contributed by atoms with Gasteiger partial charge in [0.05, 0.1) is 0 Å². The summed E-state index contributed by atoms with van der Waals surface area (Å²) in [6.07, 6.45) is 2.02. The molecule has 0 aromatic heterocycles. The smallest absolute Gasteiger partial charge is 0.150 e. The third-order valence-corrected chi connectivity index (χ3v) is 2.86. The largest absolute Gasteiger partial charge is 0.367 e. The minimum Gasteiger partial charge on any atom is -0.367 e. The second kappa shape index (κ2) is 3.85. The van der Waals surface area contributed by atoms with Crippen LogP contribution in [0.1, 0.15) is 12.8 Å². The maximum atomic E-state index is 13.5. The Morgan fingerprint density at radius 1 is 1.07 bits per heavy atom. The lowest BCUT2D eigenvalue weighted by atomic mass is 10.2. The second-order valence-electron chi connectivity index (χ2n) is 3.41. The van der Waals surface area contributed by atoms with Gasteiger partial charge in [-0.3, -0.25) is 0 Å². The van der Waals surface area contributed by atoms with E-state index in [1.54, 1.807) is 4.90 Å². The summed E-state index contributed by atoms with van der Waals surface area (Å²) in [6, 6.07) is 2.60. The zero-order valence-electron chi connectivity index (χ0n) is 7.56. The van der Waals surface area contributed by atoms with E-state index in [4.69, 9.17) is 0 Å². The number of hydrogen-bond acceptors (Lipinski definition) is 1. The zero-order chi connectivity index (χ0) is 10.1. The molecular weight excluding hydrogens is 252 g/mol. The maximum Gasteiger partial charge on any atom is 0.150 e. The van der Waals surface area contributed by atoms with Crippen LogP contribution >= 0.6 is 15.9 Å². The molecule has 0 saturated carbocycles. The molecule has 0 aliphatic carbocycles. The SMILES string of the molecule is Fc1cc(Br)cc(F)c1N1CCCC1. The number of benzene rings is 1. The van der Waals surface area contributed by atoms with Gasteiger partial charge in [0.2, 0.25) is 0 Å². The summed E-state index contributed by atoms with van der Waals surface area (Å²) in [4.78, 5) is 1.76. The van der Waals surface area contributed by atoms with E-state index in [0.29, 0.717) is 4.47 Å². The summed E-state index contributed by atoms with van der Waals surface area (Å²) in [7, 11) is 0. The Morgan fingerprint density at radius 2 is 1.57 bits per heavy atom. The van der Waals surface area contributed by atoms with Gasteiger partial charge < -0.3 is 4.90 Å².